The third-order valence-electron chi connectivity index (χ3n) is 5.46. The maximum Gasteiger partial charge on any atom is 0.267 e. The fourth-order valence-corrected chi connectivity index (χ4v) is 3.77. The van der Waals surface area contributed by atoms with E-state index in [2.05, 4.69) is 20.4 Å². The molecule has 1 N–H and O–H groups in total. The van der Waals surface area contributed by atoms with Gasteiger partial charge in [-0.15, -0.1) is 0 Å². The summed E-state index contributed by atoms with van der Waals surface area (Å²) in [6.07, 6.45) is 3.36. The minimum Gasteiger partial charge on any atom is -0.377 e. The first-order valence-corrected chi connectivity index (χ1v) is 9.92. The zero-order valence-corrected chi connectivity index (χ0v) is 16.8. The molecular weight excluding hydrogens is 396 g/mol. The molecule has 1 aliphatic rings. The molecule has 1 aliphatic heterocycles. The number of fused-ring (bicyclic) bond motifs is 1. The number of hydrogen-bond acceptors (Lipinski definition) is 7. The third kappa shape index (κ3) is 3.49. The molecule has 31 heavy (non-hydrogen) atoms. The topological polar surface area (TPSA) is 104 Å². The maximum absolute atomic E-state index is 12.7. The van der Waals surface area contributed by atoms with Crippen LogP contribution in [-0.2, 0) is 11.8 Å². The second-order valence-corrected chi connectivity index (χ2v) is 7.41. The third-order valence-corrected chi connectivity index (χ3v) is 5.46. The average molecular weight is 416 g/mol. The lowest BCUT2D eigenvalue weighted by molar-refractivity contribution is 0.183. The highest BCUT2D eigenvalue weighted by molar-refractivity contribution is 5.78. The van der Waals surface area contributed by atoms with Crippen LogP contribution in [0.1, 0.15) is 6.04 Å². The number of benzene rings is 1. The molecule has 0 aliphatic carbocycles. The molecule has 1 saturated heterocycles. The van der Waals surface area contributed by atoms with Crippen LogP contribution in [0.25, 0.3) is 22.2 Å². The molecule has 0 amide bonds. The van der Waals surface area contributed by atoms with E-state index in [4.69, 9.17) is 4.74 Å². The Balaban J connectivity index is 1.50. The smallest absolute Gasteiger partial charge is 0.267 e. The summed E-state index contributed by atoms with van der Waals surface area (Å²) in [5, 5.41) is 8.42. The van der Waals surface area contributed by atoms with Crippen LogP contribution in [0.2, 0.25) is 0 Å². The van der Waals surface area contributed by atoms with Gasteiger partial charge in [0.2, 0.25) is 5.95 Å². The highest BCUT2D eigenvalue weighted by Crippen LogP contribution is 2.23. The Morgan fingerprint density at radius 3 is 2.68 bits per heavy atom. The van der Waals surface area contributed by atoms with E-state index in [1.54, 1.807) is 37.6 Å². The number of anilines is 1. The van der Waals surface area contributed by atoms with Crippen LogP contribution in [0.3, 0.4) is 0 Å². The van der Waals surface area contributed by atoms with Crippen LogP contribution in [0, 0.1) is 0 Å². The summed E-state index contributed by atoms with van der Waals surface area (Å²) in [5.74, 6) is 0.419. The van der Waals surface area contributed by atoms with Crippen molar-refractivity contribution in [3.63, 3.8) is 0 Å². The van der Waals surface area contributed by atoms with Gasteiger partial charge in [-0.3, -0.25) is 19.1 Å². The first kappa shape index (κ1) is 19.1. The maximum atomic E-state index is 12.7. The van der Waals surface area contributed by atoms with Gasteiger partial charge in [0.1, 0.15) is 6.04 Å². The Labute approximate surface area is 177 Å². The minimum atomic E-state index is -0.349. The summed E-state index contributed by atoms with van der Waals surface area (Å²) in [5.41, 5.74) is 1.78. The standard InChI is InChI=1S/C22H20N6O3/c1-27-21(30)15-4-2-3-5-17(15)24-22(27)25-18-12-31-13-19(18)28-20(29)7-6-16(26-28)14-8-10-23-11-9-14/h2-11,18-19H,12-13H2,1H3,(H,24,25). The van der Waals surface area contributed by atoms with Gasteiger partial charge in [0.05, 0.1) is 35.9 Å². The molecule has 4 heterocycles. The number of rotatable bonds is 4. The van der Waals surface area contributed by atoms with Crippen LogP contribution < -0.4 is 16.4 Å². The molecule has 1 fully saturated rings. The molecule has 9 nitrogen and oxygen atoms in total. The predicted octanol–water partition coefficient (Wildman–Crippen LogP) is 1.60. The molecular formula is C22H20N6O3. The van der Waals surface area contributed by atoms with Crippen LogP contribution in [0.15, 0.2) is 70.5 Å². The molecule has 0 radical (unpaired) electrons. The van der Waals surface area contributed by atoms with Gasteiger partial charge in [-0.2, -0.15) is 5.10 Å². The molecule has 3 aromatic heterocycles. The van der Waals surface area contributed by atoms with E-state index in [9.17, 15) is 9.59 Å². The molecule has 0 spiro atoms. The van der Waals surface area contributed by atoms with Gasteiger partial charge < -0.3 is 10.1 Å². The molecule has 2 atom stereocenters. The molecule has 2 unspecified atom stereocenters. The van der Waals surface area contributed by atoms with Gasteiger partial charge >= 0.3 is 0 Å². The van der Waals surface area contributed by atoms with Crippen molar-refractivity contribution in [3.05, 3.63) is 81.6 Å². The molecule has 0 bridgehead atoms. The summed E-state index contributed by atoms with van der Waals surface area (Å²) >= 11 is 0. The summed E-state index contributed by atoms with van der Waals surface area (Å²) in [4.78, 5) is 33.9. The quantitative estimate of drug-likeness (QED) is 0.539. The zero-order valence-electron chi connectivity index (χ0n) is 16.8. The predicted molar refractivity (Wildman–Crippen MR) is 116 cm³/mol. The number of nitrogens with zero attached hydrogens (tertiary/aromatic N) is 5. The molecule has 5 rings (SSSR count). The number of pyridine rings is 1. The van der Waals surface area contributed by atoms with E-state index >= 15 is 0 Å². The normalized spacial score (nSPS) is 18.4. The fourth-order valence-electron chi connectivity index (χ4n) is 3.77. The number of nitrogens with one attached hydrogen (secondary N) is 1. The van der Waals surface area contributed by atoms with Crippen molar-refractivity contribution in [2.75, 3.05) is 18.5 Å². The number of para-hydroxylation sites is 1. The summed E-state index contributed by atoms with van der Waals surface area (Å²) in [7, 11) is 1.67. The first-order chi connectivity index (χ1) is 15.1. The van der Waals surface area contributed by atoms with Crippen molar-refractivity contribution in [3.8, 4) is 11.3 Å². The molecule has 1 aromatic carbocycles. The van der Waals surface area contributed by atoms with Crippen LogP contribution >= 0.6 is 0 Å². The van der Waals surface area contributed by atoms with Gasteiger partial charge in [0.15, 0.2) is 0 Å². The van der Waals surface area contributed by atoms with Crippen molar-refractivity contribution in [1.29, 1.82) is 0 Å². The molecule has 4 aromatic rings. The highest BCUT2D eigenvalue weighted by Gasteiger charge is 2.32. The van der Waals surface area contributed by atoms with Crippen molar-refractivity contribution in [2.45, 2.75) is 12.1 Å². The van der Waals surface area contributed by atoms with Crippen molar-refractivity contribution in [1.82, 2.24) is 24.3 Å². The summed E-state index contributed by atoms with van der Waals surface area (Å²) < 4.78 is 8.58. The minimum absolute atomic E-state index is 0.140. The lowest BCUT2D eigenvalue weighted by Gasteiger charge is -2.22. The molecule has 9 heteroatoms. The van der Waals surface area contributed by atoms with E-state index in [-0.39, 0.29) is 23.2 Å². The van der Waals surface area contributed by atoms with Crippen LogP contribution in [-0.4, -0.2) is 43.6 Å². The Morgan fingerprint density at radius 2 is 1.84 bits per heavy atom. The molecule has 156 valence electrons. The van der Waals surface area contributed by atoms with E-state index in [1.165, 1.54) is 15.3 Å². The van der Waals surface area contributed by atoms with E-state index in [0.29, 0.717) is 35.8 Å². The Kier molecular flexibility index (Phi) is 4.79. The van der Waals surface area contributed by atoms with Crippen molar-refractivity contribution in [2.24, 2.45) is 7.05 Å². The van der Waals surface area contributed by atoms with Gasteiger partial charge in [-0.25, -0.2) is 9.67 Å². The summed E-state index contributed by atoms with van der Waals surface area (Å²) in [6.45, 7) is 0.687. The highest BCUT2D eigenvalue weighted by atomic mass is 16.5. The van der Waals surface area contributed by atoms with Crippen LogP contribution in [0.5, 0.6) is 0 Å². The molecule has 0 saturated carbocycles. The second-order valence-electron chi connectivity index (χ2n) is 7.41. The van der Waals surface area contributed by atoms with E-state index in [1.807, 2.05) is 24.3 Å². The largest absolute Gasteiger partial charge is 0.377 e. The number of hydrogen-bond donors (Lipinski definition) is 1. The van der Waals surface area contributed by atoms with Crippen molar-refractivity contribution >= 4 is 16.9 Å². The monoisotopic (exact) mass is 416 g/mol. The Bertz CT molecular complexity index is 1370. The number of ether oxygens (including phenoxy) is 1. The van der Waals surface area contributed by atoms with Crippen LogP contribution in [0.4, 0.5) is 5.95 Å². The van der Waals surface area contributed by atoms with Gasteiger partial charge in [-0.05, 0) is 30.3 Å². The Morgan fingerprint density at radius 1 is 1.03 bits per heavy atom. The van der Waals surface area contributed by atoms with Crippen molar-refractivity contribution < 1.29 is 4.74 Å². The van der Waals surface area contributed by atoms with Gasteiger partial charge in [-0.1, -0.05) is 12.1 Å². The summed E-state index contributed by atoms with van der Waals surface area (Å²) in [6, 6.07) is 13.5. The van der Waals surface area contributed by atoms with Gasteiger partial charge in [0.25, 0.3) is 11.1 Å². The van der Waals surface area contributed by atoms with E-state index in [0.717, 1.165) is 5.56 Å². The van der Waals surface area contributed by atoms with E-state index < -0.39 is 0 Å². The fraction of sp³-hybridized carbons (Fsp3) is 0.227. The number of aromatic nitrogens is 5. The second kappa shape index (κ2) is 7.77. The SMILES string of the molecule is Cn1c(NC2COCC2n2nc(-c3ccncc3)ccc2=O)nc2ccccc2c1=O. The van der Waals surface area contributed by atoms with Gasteiger partial charge in [0, 0.05) is 31.1 Å². The Hall–Kier alpha value is -3.85. The lowest BCUT2D eigenvalue weighted by atomic mass is 10.1. The zero-order chi connectivity index (χ0) is 21.4. The average Bonchev–Trinajstić information content (AvgIpc) is 3.26. The first-order valence-electron chi connectivity index (χ1n) is 9.92. The lowest BCUT2D eigenvalue weighted by Crippen LogP contribution is -2.38.